The molecule has 5 heteroatoms. The summed E-state index contributed by atoms with van der Waals surface area (Å²) < 4.78 is 0. The molecule has 1 aromatic heterocycles. The number of amides is 2. The lowest BCUT2D eigenvalue weighted by Crippen LogP contribution is -2.43. The number of aromatic nitrogens is 2. The van der Waals surface area contributed by atoms with Crippen molar-refractivity contribution in [3.8, 4) is 0 Å². The molecule has 1 heterocycles. The highest BCUT2D eigenvalue weighted by atomic mass is 16.2. The number of hydrogen-bond donors (Lipinski definition) is 3. The van der Waals surface area contributed by atoms with Crippen molar-refractivity contribution in [2.24, 2.45) is 0 Å². The highest BCUT2D eigenvalue weighted by molar-refractivity contribution is 5.88. The van der Waals surface area contributed by atoms with E-state index in [2.05, 4.69) is 27.4 Å². The summed E-state index contributed by atoms with van der Waals surface area (Å²) in [7, 11) is 0. The van der Waals surface area contributed by atoms with Crippen LogP contribution in [0.1, 0.15) is 31.9 Å². The zero-order valence-corrected chi connectivity index (χ0v) is 12.5. The smallest absolute Gasteiger partial charge is 0.321 e. The number of carbonyl (C=O) groups excluding carboxylic acids is 1. The third-order valence-corrected chi connectivity index (χ3v) is 3.25. The summed E-state index contributed by atoms with van der Waals surface area (Å²) in [6, 6.07) is 9.41. The fourth-order valence-electron chi connectivity index (χ4n) is 2.01. The van der Waals surface area contributed by atoms with E-state index in [0.29, 0.717) is 5.82 Å². The first-order valence-corrected chi connectivity index (χ1v) is 6.73. The van der Waals surface area contributed by atoms with E-state index in [-0.39, 0.29) is 6.03 Å². The Labute approximate surface area is 124 Å². The van der Waals surface area contributed by atoms with E-state index in [1.54, 1.807) is 12.3 Å². The van der Waals surface area contributed by atoms with Gasteiger partial charge in [-0.15, -0.1) is 0 Å². The molecular formula is C16H20N4O. The predicted octanol–water partition coefficient (Wildman–Crippen LogP) is 3.50. The topological polar surface area (TPSA) is 69.8 Å². The molecule has 0 radical (unpaired) electrons. The SMILES string of the molecule is C=C(C)c1cccc(C(C)(C)NC(=O)Nc2ccn[nH]2)c1. The second-order valence-electron chi connectivity index (χ2n) is 5.54. The van der Waals surface area contributed by atoms with Gasteiger partial charge in [-0.3, -0.25) is 10.4 Å². The number of nitrogens with one attached hydrogen (secondary N) is 3. The average molecular weight is 284 g/mol. The first-order chi connectivity index (χ1) is 9.88. The molecule has 0 atom stereocenters. The second-order valence-corrected chi connectivity index (χ2v) is 5.54. The van der Waals surface area contributed by atoms with Gasteiger partial charge < -0.3 is 5.32 Å². The molecule has 0 aliphatic heterocycles. The molecule has 0 bridgehead atoms. The highest BCUT2D eigenvalue weighted by Crippen LogP contribution is 2.23. The summed E-state index contributed by atoms with van der Waals surface area (Å²) >= 11 is 0. The fourth-order valence-corrected chi connectivity index (χ4v) is 2.01. The van der Waals surface area contributed by atoms with Crippen LogP contribution >= 0.6 is 0 Å². The van der Waals surface area contributed by atoms with Gasteiger partial charge in [0.15, 0.2) is 0 Å². The lowest BCUT2D eigenvalue weighted by molar-refractivity contribution is 0.242. The Bertz CT molecular complexity index is 644. The molecule has 0 saturated carbocycles. The summed E-state index contributed by atoms with van der Waals surface area (Å²) in [4.78, 5) is 12.0. The first kappa shape index (κ1) is 14.8. The van der Waals surface area contributed by atoms with E-state index in [1.165, 1.54) is 0 Å². The molecular weight excluding hydrogens is 264 g/mol. The molecule has 2 amide bonds. The van der Waals surface area contributed by atoms with Gasteiger partial charge in [0, 0.05) is 6.07 Å². The Balaban J connectivity index is 2.12. The standard InChI is InChI=1S/C16H20N4O/c1-11(2)12-6-5-7-13(10-12)16(3,4)19-15(21)18-14-8-9-17-20-14/h5-10H,1H2,2-4H3,(H3,17,18,19,20,21). The molecule has 0 fully saturated rings. The van der Waals surface area contributed by atoms with Crippen LogP contribution in [0.3, 0.4) is 0 Å². The second kappa shape index (κ2) is 5.83. The van der Waals surface area contributed by atoms with Crippen LogP contribution in [0.15, 0.2) is 43.1 Å². The Morgan fingerprint density at radius 3 is 2.71 bits per heavy atom. The van der Waals surface area contributed by atoms with Gasteiger partial charge in [0.25, 0.3) is 0 Å². The van der Waals surface area contributed by atoms with Gasteiger partial charge in [0.1, 0.15) is 5.82 Å². The quantitative estimate of drug-likeness (QED) is 0.804. The van der Waals surface area contributed by atoms with Gasteiger partial charge in [-0.2, -0.15) is 5.10 Å². The number of hydrogen-bond acceptors (Lipinski definition) is 2. The fraction of sp³-hybridized carbons (Fsp3) is 0.250. The average Bonchev–Trinajstić information content (AvgIpc) is 2.91. The van der Waals surface area contributed by atoms with Crippen LogP contribution in [-0.2, 0) is 5.54 Å². The normalized spacial score (nSPS) is 11.0. The lowest BCUT2D eigenvalue weighted by Gasteiger charge is -2.27. The van der Waals surface area contributed by atoms with Gasteiger partial charge in [-0.25, -0.2) is 4.79 Å². The molecule has 1 aromatic carbocycles. The largest absolute Gasteiger partial charge is 0.329 e. The number of aromatic amines is 1. The van der Waals surface area contributed by atoms with Crippen molar-refractivity contribution < 1.29 is 4.79 Å². The van der Waals surface area contributed by atoms with Crippen LogP contribution < -0.4 is 10.6 Å². The van der Waals surface area contributed by atoms with E-state index in [0.717, 1.165) is 16.7 Å². The first-order valence-electron chi connectivity index (χ1n) is 6.73. The molecule has 110 valence electrons. The zero-order valence-electron chi connectivity index (χ0n) is 12.5. The number of rotatable bonds is 4. The molecule has 0 aliphatic rings. The van der Waals surface area contributed by atoms with Crippen molar-refractivity contribution in [1.29, 1.82) is 0 Å². The zero-order chi connectivity index (χ0) is 15.5. The molecule has 0 unspecified atom stereocenters. The molecule has 5 nitrogen and oxygen atoms in total. The number of nitrogens with zero attached hydrogens (tertiary/aromatic N) is 1. The number of allylic oxidation sites excluding steroid dienone is 1. The number of urea groups is 1. The Morgan fingerprint density at radius 2 is 2.10 bits per heavy atom. The highest BCUT2D eigenvalue weighted by Gasteiger charge is 2.23. The molecule has 2 rings (SSSR count). The van der Waals surface area contributed by atoms with E-state index in [9.17, 15) is 4.79 Å². The van der Waals surface area contributed by atoms with E-state index in [1.807, 2.05) is 45.0 Å². The third kappa shape index (κ3) is 3.72. The lowest BCUT2D eigenvalue weighted by atomic mass is 9.92. The van der Waals surface area contributed by atoms with Crippen molar-refractivity contribution in [2.75, 3.05) is 5.32 Å². The molecule has 0 aliphatic carbocycles. The van der Waals surface area contributed by atoms with Crippen molar-refractivity contribution >= 4 is 17.4 Å². The Morgan fingerprint density at radius 1 is 1.33 bits per heavy atom. The molecule has 0 saturated heterocycles. The minimum atomic E-state index is -0.504. The number of benzene rings is 1. The van der Waals surface area contributed by atoms with E-state index in [4.69, 9.17) is 0 Å². The molecule has 21 heavy (non-hydrogen) atoms. The maximum absolute atomic E-state index is 12.0. The summed E-state index contributed by atoms with van der Waals surface area (Å²) in [5.41, 5.74) is 2.57. The van der Waals surface area contributed by atoms with Gasteiger partial charge in [0.05, 0.1) is 11.7 Å². The summed E-state index contributed by atoms with van der Waals surface area (Å²) in [6.45, 7) is 9.82. The Kier molecular flexibility index (Phi) is 4.12. The minimum Gasteiger partial charge on any atom is -0.329 e. The van der Waals surface area contributed by atoms with Crippen LogP contribution in [0.4, 0.5) is 10.6 Å². The van der Waals surface area contributed by atoms with Gasteiger partial charge in [-0.1, -0.05) is 30.4 Å². The van der Waals surface area contributed by atoms with E-state index >= 15 is 0 Å². The van der Waals surface area contributed by atoms with Crippen LogP contribution in [-0.4, -0.2) is 16.2 Å². The van der Waals surface area contributed by atoms with Gasteiger partial charge in [-0.05, 0) is 38.0 Å². The number of H-pyrrole nitrogens is 1. The third-order valence-electron chi connectivity index (χ3n) is 3.25. The summed E-state index contributed by atoms with van der Waals surface area (Å²) in [5.74, 6) is 0.555. The monoisotopic (exact) mass is 284 g/mol. The van der Waals surface area contributed by atoms with E-state index < -0.39 is 5.54 Å². The van der Waals surface area contributed by atoms with Gasteiger partial charge >= 0.3 is 6.03 Å². The van der Waals surface area contributed by atoms with Crippen molar-refractivity contribution in [3.63, 3.8) is 0 Å². The van der Waals surface area contributed by atoms with Crippen LogP contribution in [0.25, 0.3) is 5.57 Å². The summed E-state index contributed by atoms with van der Waals surface area (Å²) in [6.07, 6.45) is 1.58. The number of carbonyl (C=O) groups is 1. The van der Waals surface area contributed by atoms with Crippen LogP contribution in [0, 0.1) is 0 Å². The maximum atomic E-state index is 12.0. The maximum Gasteiger partial charge on any atom is 0.321 e. The van der Waals surface area contributed by atoms with Crippen molar-refractivity contribution in [2.45, 2.75) is 26.3 Å². The number of anilines is 1. The molecule has 3 N–H and O–H groups in total. The predicted molar refractivity (Wildman–Crippen MR) is 84.9 cm³/mol. The molecule has 0 spiro atoms. The van der Waals surface area contributed by atoms with Crippen molar-refractivity contribution in [1.82, 2.24) is 15.5 Å². The van der Waals surface area contributed by atoms with Crippen LogP contribution in [0.5, 0.6) is 0 Å². The van der Waals surface area contributed by atoms with Crippen LogP contribution in [0.2, 0.25) is 0 Å². The minimum absolute atomic E-state index is 0.287. The molecule has 2 aromatic rings. The van der Waals surface area contributed by atoms with Crippen molar-refractivity contribution in [3.05, 3.63) is 54.2 Å². The van der Waals surface area contributed by atoms with Gasteiger partial charge in [0.2, 0.25) is 0 Å². The Hall–Kier alpha value is -2.56. The summed E-state index contributed by atoms with van der Waals surface area (Å²) in [5, 5.41) is 12.1.